The number of rotatable bonds is 6. The van der Waals surface area contributed by atoms with E-state index in [0.29, 0.717) is 18.1 Å². The predicted octanol–water partition coefficient (Wildman–Crippen LogP) is 5.82. The van der Waals surface area contributed by atoms with Crippen LogP contribution in [-0.2, 0) is 4.79 Å². The number of aryl methyl sites for hydroxylation is 1. The molecule has 0 bridgehead atoms. The molecule has 1 amide bonds. The van der Waals surface area contributed by atoms with Crippen LogP contribution in [0.1, 0.15) is 25.0 Å². The molecule has 2 nitrogen and oxygen atoms in total. The van der Waals surface area contributed by atoms with E-state index in [4.69, 9.17) is 11.6 Å². The minimum Gasteiger partial charge on any atom is -0.340 e. The Labute approximate surface area is 157 Å². The second kappa shape index (κ2) is 9.07. The zero-order valence-electron chi connectivity index (χ0n) is 14.6. The van der Waals surface area contributed by atoms with Gasteiger partial charge in [-0.25, -0.2) is 4.39 Å². The highest BCUT2D eigenvalue weighted by Crippen LogP contribution is 2.34. The SMILES string of the molecule is CCN(CC)C(=O)/C=C/c1cc(C)c(Sc2ccc(F)cc2)cc1Cl. The fourth-order valence-electron chi connectivity index (χ4n) is 2.35. The molecular formula is C20H21ClFNOS. The lowest BCUT2D eigenvalue weighted by Gasteiger charge is -2.16. The molecule has 5 heteroatoms. The number of carbonyl (C=O) groups excluding carboxylic acids is 1. The van der Waals surface area contributed by atoms with Crippen LogP contribution in [0.3, 0.4) is 0 Å². The van der Waals surface area contributed by atoms with Gasteiger partial charge in [-0.15, -0.1) is 0 Å². The Bertz CT molecular complexity index is 770. The van der Waals surface area contributed by atoms with Crippen molar-refractivity contribution >= 4 is 35.3 Å². The summed E-state index contributed by atoms with van der Waals surface area (Å²) in [5.74, 6) is -0.277. The van der Waals surface area contributed by atoms with Gasteiger partial charge >= 0.3 is 0 Å². The van der Waals surface area contributed by atoms with Crippen LogP contribution < -0.4 is 0 Å². The first-order chi connectivity index (χ1) is 11.9. The molecule has 0 heterocycles. The Kier molecular flexibility index (Phi) is 7.09. The quantitative estimate of drug-likeness (QED) is 0.591. The third-order valence-corrected chi connectivity index (χ3v) is 5.31. The fourth-order valence-corrected chi connectivity index (χ4v) is 3.57. The summed E-state index contributed by atoms with van der Waals surface area (Å²) in [4.78, 5) is 15.8. The molecule has 0 unspecified atom stereocenters. The average molecular weight is 378 g/mol. The normalized spacial score (nSPS) is 11.1. The molecule has 2 rings (SSSR count). The maximum Gasteiger partial charge on any atom is 0.246 e. The van der Waals surface area contributed by atoms with Crippen molar-refractivity contribution in [1.82, 2.24) is 4.90 Å². The van der Waals surface area contributed by atoms with Gasteiger partial charge in [0, 0.05) is 34.0 Å². The van der Waals surface area contributed by atoms with Crippen LogP contribution in [0.25, 0.3) is 6.08 Å². The first-order valence-electron chi connectivity index (χ1n) is 8.15. The standard InChI is InChI=1S/C20H21ClFNOS/c1-4-23(5-2)20(24)11-6-15-12-14(3)19(13-18(15)21)25-17-9-7-16(22)8-10-17/h6-13H,4-5H2,1-3H3/b11-6+. The van der Waals surface area contributed by atoms with Crippen LogP contribution in [-0.4, -0.2) is 23.9 Å². The molecular weight excluding hydrogens is 357 g/mol. The number of likely N-dealkylation sites (N-methyl/N-ethyl adjacent to an activating group) is 1. The number of nitrogens with zero attached hydrogens (tertiary/aromatic N) is 1. The maximum atomic E-state index is 13.0. The lowest BCUT2D eigenvalue weighted by atomic mass is 10.1. The third-order valence-electron chi connectivity index (χ3n) is 3.82. The molecule has 0 saturated heterocycles. The van der Waals surface area contributed by atoms with Gasteiger partial charge in [0.2, 0.25) is 5.91 Å². The van der Waals surface area contributed by atoms with E-state index in [1.165, 1.54) is 23.9 Å². The molecule has 0 spiro atoms. The van der Waals surface area contributed by atoms with Crippen LogP contribution in [0, 0.1) is 12.7 Å². The lowest BCUT2D eigenvalue weighted by molar-refractivity contribution is -0.125. The van der Waals surface area contributed by atoms with Crippen molar-refractivity contribution in [3.63, 3.8) is 0 Å². The molecule has 0 aliphatic rings. The molecule has 0 aliphatic carbocycles. The summed E-state index contributed by atoms with van der Waals surface area (Å²) >= 11 is 7.91. The minimum atomic E-state index is -0.252. The van der Waals surface area contributed by atoms with E-state index in [-0.39, 0.29) is 11.7 Å². The topological polar surface area (TPSA) is 20.3 Å². The summed E-state index contributed by atoms with van der Waals surface area (Å²) in [6.07, 6.45) is 3.31. The number of carbonyl (C=O) groups is 1. The van der Waals surface area contributed by atoms with E-state index in [1.54, 1.807) is 29.2 Å². The van der Waals surface area contributed by atoms with Gasteiger partial charge < -0.3 is 4.90 Å². The second-order valence-electron chi connectivity index (χ2n) is 5.54. The van der Waals surface area contributed by atoms with Crippen molar-refractivity contribution in [1.29, 1.82) is 0 Å². The summed E-state index contributed by atoms with van der Waals surface area (Å²) in [6.45, 7) is 7.26. The Morgan fingerprint density at radius 2 is 1.84 bits per heavy atom. The van der Waals surface area contributed by atoms with E-state index < -0.39 is 0 Å². The Morgan fingerprint density at radius 1 is 1.20 bits per heavy atom. The van der Waals surface area contributed by atoms with Gasteiger partial charge in [-0.05, 0) is 74.4 Å². The highest BCUT2D eigenvalue weighted by Gasteiger charge is 2.08. The van der Waals surface area contributed by atoms with Gasteiger partial charge in [-0.3, -0.25) is 4.79 Å². The van der Waals surface area contributed by atoms with Crippen LogP contribution in [0.15, 0.2) is 52.3 Å². The predicted molar refractivity (Wildman–Crippen MR) is 104 cm³/mol. The first kappa shape index (κ1) is 19.5. The highest BCUT2D eigenvalue weighted by molar-refractivity contribution is 7.99. The molecule has 2 aromatic carbocycles. The Morgan fingerprint density at radius 3 is 2.44 bits per heavy atom. The van der Waals surface area contributed by atoms with Crippen LogP contribution in [0.5, 0.6) is 0 Å². The number of hydrogen-bond acceptors (Lipinski definition) is 2. The molecule has 0 fully saturated rings. The van der Waals surface area contributed by atoms with Crippen LogP contribution in [0.2, 0.25) is 5.02 Å². The van der Waals surface area contributed by atoms with Crippen molar-refractivity contribution in [2.75, 3.05) is 13.1 Å². The fraction of sp³-hybridized carbons (Fsp3) is 0.250. The largest absolute Gasteiger partial charge is 0.340 e. The molecule has 132 valence electrons. The number of hydrogen-bond donors (Lipinski definition) is 0. The van der Waals surface area contributed by atoms with E-state index in [0.717, 1.165) is 20.9 Å². The summed E-state index contributed by atoms with van der Waals surface area (Å²) in [5.41, 5.74) is 1.86. The third kappa shape index (κ3) is 5.35. The van der Waals surface area contributed by atoms with Gasteiger partial charge in [0.1, 0.15) is 5.82 Å². The van der Waals surface area contributed by atoms with Crippen molar-refractivity contribution in [2.45, 2.75) is 30.6 Å². The van der Waals surface area contributed by atoms with Gasteiger partial charge in [-0.2, -0.15) is 0 Å². The zero-order valence-corrected chi connectivity index (χ0v) is 16.1. The van der Waals surface area contributed by atoms with Crippen molar-refractivity contribution in [3.05, 3.63) is 64.4 Å². The zero-order chi connectivity index (χ0) is 18.4. The molecule has 0 N–H and O–H groups in total. The number of halogens is 2. The van der Waals surface area contributed by atoms with Crippen molar-refractivity contribution < 1.29 is 9.18 Å². The van der Waals surface area contributed by atoms with Crippen LogP contribution in [0.4, 0.5) is 4.39 Å². The molecule has 0 atom stereocenters. The minimum absolute atomic E-state index is 0.0246. The molecule has 25 heavy (non-hydrogen) atoms. The summed E-state index contributed by atoms with van der Waals surface area (Å²) < 4.78 is 13.0. The van der Waals surface area contributed by atoms with Gasteiger partial charge in [0.05, 0.1) is 0 Å². The maximum absolute atomic E-state index is 13.0. The molecule has 2 aromatic rings. The molecule has 0 aromatic heterocycles. The van der Waals surface area contributed by atoms with E-state index in [1.807, 2.05) is 32.9 Å². The summed E-state index contributed by atoms with van der Waals surface area (Å²) in [7, 11) is 0. The number of amides is 1. The van der Waals surface area contributed by atoms with Crippen molar-refractivity contribution in [3.8, 4) is 0 Å². The second-order valence-corrected chi connectivity index (χ2v) is 7.06. The summed E-state index contributed by atoms with van der Waals surface area (Å²) in [6, 6.07) is 10.2. The lowest BCUT2D eigenvalue weighted by Crippen LogP contribution is -2.28. The Hall–Kier alpha value is -1.78. The first-order valence-corrected chi connectivity index (χ1v) is 9.34. The molecule has 0 saturated carbocycles. The monoisotopic (exact) mass is 377 g/mol. The average Bonchev–Trinajstić information content (AvgIpc) is 2.59. The Balaban J connectivity index is 2.19. The van der Waals surface area contributed by atoms with Gasteiger partial charge in [0.15, 0.2) is 0 Å². The number of benzene rings is 2. The molecule has 0 aliphatic heterocycles. The summed E-state index contributed by atoms with van der Waals surface area (Å²) in [5, 5.41) is 0.582. The van der Waals surface area contributed by atoms with Crippen molar-refractivity contribution in [2.24, 2.45) is 0 Å². The van der Waals surface area contributed by atoms with E-state index >= 15 is 0 Å². The van der Waals surface area contributed by atoms with Gasteiger partial charge in [0.25, 0.3) is 0 Å². The molecule has 0 radical (unpaired) electrons. The smallest absolute Gasteiger partial charge is 0.246 e. The van der Waals surface area contributed by atoms with Crippen LogP contribution >= 0.6 is 23.4 Å². The van der Waals surface area contributed by atoms with E-state index in [2.05, 4.69) is 0 Å². The highest BCUT2D eigenvalue weighted by atomic mass is 35.5. The van der Waals surface area contributed by atoms with E-state index in [9.17, 15) is 9.18 Å². The van der Waals surface area contributed by atoms with Gasteiger partial charge in [-0.1, -0.05) is 23.4 Å².